The Morgan fingerprint density at radius 3 is 2.91 bits per heavy atom. The molecule has 1 aromatic carbocycles. The minimum atomic E-state index is -0.0554. The average Bonchev–Trinajstić information content (AvgIpc) is 3.26. The third kappa shape index (κ3) is 4.44. The molecule has 1 aliphatic rings. The Bertz CT molecular complexity index is 715. The van der Waals surface area contributed by atoms with Crippen molar-refractivity contribution < 1.29 is 4.79 Å². The molecule has 0 saturated heterocycles. The molecule has 1 aliphatic carbocycles. The molecule has 0 radical (unpaired) electrons. The van der Waals surface area contributed by atoms with Gasteiger partial charge in [0.2, 0.25) is 5.91 Å². The zero-order valence-corrected chi connectivity index (χ0v) is 14.7. The lowest BCUT2D eigenvalue weighted by atomic mass is 10.2. The van der Waals surface area contributed by atoms with E-state index in [2.05, 4.69) is 10.3 Å². The maximum Gasteiger partial charge on any atom is 0.226 e. The summed E-state index contributed by atoms with van der Waals surface area (Å²) in [5, 5.41) is 6.67. The summed E-state index contributed by atoms with van der Waals surface area (Å²) in [6, 6.07) is 5.36. The van der Waals surface area contributed by atoms with Gasteiger partial charge in [0.15, 0.2) is 0 Å². The van der Waals surface area contributed by atoms with Gasteiger partial charge in [-0.1, -0.05) is 23.2 Å². The highest BCUT2D eigenvalue weighted by molar-refractivity contribution is 7.13. The molecule has 0 bridgehead atoms. The summed E-state index contributed by atoms with van der Waals surface area (Å²) in [4.78, 5) is 16.5. The van der Waals surface area contributed by atoms with Crippen molar-refractivity contribution in [1.82, 2.24) is 10.3 Å². The van der Waals surface area contributed by atoms with Crippen molar-refractivity contribution in [3.63, 3.8) is 0 Å². The van der Waals surface area contributed by atoms with E-state index in [1.54, 1.807) is 12.1 Å². The van der Waals surface area contributed by atoms with Gasteiger partial charge in [-0.15, -0.1) is 11.3 Å². The first-order valence-corrected chi connectivity index (χ1v) is 9.08. The van der Waals surface area contributed by atoms with Gasteiger partial charge in [0.25, 0.3) is 0 Å². The van der Waals surface area contributed by atoms with Gasteiger partial charge in [-0.05, 0) is 37.0 Å². The second kappa shape index (κ2) is 7.18. The zero-order chi connectivity index (χ0) is 16.4. The van der Waals surface area contributed by atoms with Crippen LogP contribution in [0.3, 0.4) is 0 Å². The number of carbonyl (C=O) groups excluding carboxylic acids is 1. The summed E-state index contributed by atoms with van der Waals surface area (Å²) in [5.41, 5.74) is 7.53. The first-order chi connectivity index (χ1) is 11.0. The van der Waals surface area contributed by atoms with Crippen LogP contribution in [0.2, 0.25) is 10.0 Å². The van der Waals surface area contributed by atoms with Gasteiger partial charge in [-0.2, -0.15) is 0 Å². The second-order valence-electron chi connectivity index (χ2n) is 5.75. The van der Waals surface area contributed by atoms with Crippen molar-refractivity contribution in [3.05, 3.63) is 39.3 Å². The molecular formula is C16H17Cl2N3OS. The number of nitrogens with one attached hydrogen (secondary N) is 1. The number of carbonyl (C=O) groups is 1. The molecule has 1 atom stereocenters. The summed E-state index contributed by atoms with van der Waals surface area (Å²) in [7, 11) is 0. The van der Waals surface area contributed by atoms with Crippen molar-refractivity contribution in [2.24, 2.45) is 11.7 Å². The van der Waals surface area contributed by atoms with E-state index in [9.17, 15) is 4.79 Å². The number of thiazole rings is 1. The Labute approximate surface area is 149 Å². The smallest absolute Gasteiger partial charge is 0.226 e. The lowest BCUT2D eigenvalue weighted by Gasteiger charge is -2.10. The summed E-state index contributed by atoms with van der Waals surface area (Å²) in [6.45, 7) is 0.531. The molecule has 3 N–H and O–H groups in total. The second-order valence-corrected chi connectivity index (χ2v) is 7.45. The summed E-state index contributed by atoms with van der Waals surface area (Å²) < 4.78 is 0. The largest absolute Gasteiger partial charge is 0.354 e. The van der Waals surface area contributed by atoms with Gasteiger partial charge >= 0.3 is 0 Å². The molecule has 1 amide bonds. The number of amides is 1. The Hall–Kier alpha value is -1.14. The molecule has 23 heavy (non-hydrogen) atoms. The van der Waals surface area contributed by atoms with E-state index in [1.165, 1.54) is 24.2 Å². The zero-order valence-electron chi connectivity index (χ0n) is 12.4. The summed E-state index contributed by atoms with van der Waals surface area (Å²) in [5.74, 6) is 0.522. The van der Waals surface area contributed by atoms with Gasteiger partial charge in [0.05, 0.1) is 17.1 Å². The molecule has 0 aliphatic heterocycles. The van der Waals surface area contributed by atoms with E-state index in [-0.39, 0.29) is 18.4 Å². The van der Waals surface area contributed by atoms with Gasteiger partial charge in [-0.25, -0.2) is 4.98 Å². The third-order valence-electron chi connectivity index (χ3n) is 3.82. The van der Waals surface area contributed by atoms with Crippen LogP contribution in [0.1, 0.15) is 18.5 Å². The van der Waals surface area contributed by atoms with Crippen molar-refractivity contribution in [1.29, 1.82) is 0 Å². The molecule has 3 rings (SSSR count). The fourth-order valence-electron chi connectivity index (χ4n) is 2.32. The summed E-state index contributed by atoms with van der Waals surface area (Å²) in [6.07, 6.45) is 2.60. The van der Waals surface area contributed by atoms with E-state index in [1.807, 2.05) is 11.4 Å². The lowest BCUT2D eigenvalue weighted by molar-refractivity contribution is -0.120. The lowest BCUT2D eigenvalue weighted by Crippen LogP contribution is -2.39. The fourth-order valence-corrected chi connectivity index (χ4v) is 3.74. The molecule has 4 nitrogen and oxygen atoms in total. The highest BCUT2D eigenvalue weighted by atomic mass is 35.5. The molecule has 1 saturated carbocycles. The van der Waals surface area contributed by atoms with Crippen LogP contribution in [0.15, 0.2) is 23.6 Å². The first kappa shape index (κ1) is 16.7. The van der Waals surface area contributed by atoms with Crippen molar-refractivity contribution >= 4 is 40.4 Å². The van der Waals surface area contributed by atoms with Crippen molar-refractivity contribution in [2.75, 3.05) is 6.54 Å². The number of benzene rings is 1. The fraction of sp³-hybridized carbons (Fsp3) is 0.375. The standard InChI is InChI=1S/C16H17Cl2N3OS/c17-10-3-4-12(13(18)5-10)16-21-11(8-23-16)6-15(22)20-7-14(19)9-1-2-9/h3-5,8-9,14H,1-2,6-7,19H2,(H,20,22). The summed E-state index contributed by atoms with van der Waals surface area (Å²) >= 11 is 13.5. The molecule has 2 aromatic rings. The van der Waals surface area contributed by atoms with Gasteiger partial charge in [-0.3, -0.25) is 4.79 Å². The topological polar surface area (TPSA) is 68.0 Å². The number of rotatable bonds is 6. The van der Waals surface area contributed by atoms with E-state index in [4.69, 9.17) is 28.9 Å². The Morgan fingerprint density at radius 1 is 1.43 bits per heavy atom. The van der Waals surface area contributed by atoms with Crippen LogP contribution in [0.25, 0.3) is 10.6 Å². The highest BCUT2D eigenvalue weighted by Gasteiger charge is 2.28. The normalized spacial score (nSPS) is 15.4. The molecule has 1 heterocycles. The van der Waals surface area contributed by atoms with E-state index < -0.39 is 0 Å². The van der Waals surface area contributed by atoms with Crippen LogP contribution >= 0.6 is 34.5 Å². The van der Waals surface area contributed by atoms with Gasteiger partial charge in [0, 0.05) is 28.6 Å². The van der Waals surface area contributed by atoms with E-state index in [0.717, 1.165) is 16.3 Å². The van der Waals surface area contributed by atoms with Crippen LogP contribution in [-0.4, -0.2) is 23.5 Å². The van der Waals surface area contributed by atoms with E-state index in [0.29, 0.717) is 22.5 Å². The number of hydrogen-bond acceptors (Lipinski definition) is 4. The van der Waals surface area contributed by atoms with Crippen LogP contribution in [0, 0.1) is 5.92 Å². The van der Waals surface area contributed by atoms with E-state index >= 15 is 0 Å². The van der Waals surface area contributed by atoms with Crippen molar-refractivity contribution in [2.45, 2.75) is 25.3 Å². The first-order valence-electron chi connectivity index (χ1n) is 7.45. The van der Waals surface area contributed by atoms with Crippen LogP contribution in [0.4, 0.5) is 0 Å². The number of nitrogens with zero attached hydrogens (tertiary/aromatic N) is 1. The molecule has 1 fully saturated rings. The Morgan fingerprint density at radius 2 is 2.22 bits per heavy atom. The Kier molecular flexibility index (Phi) is 5.21. The SMILES string of the molecule is NC(CNC(=O)Cc1csc(-c2ccc(Cl)cc2Cl)n1)C1CC1. The molecule has 1 unspecified atom stereocenters. The maximum absolute atomic E-state index is 12.0. The number of nitrogens with two attached hydrogens (primary N) is 1. The predicted octanol–water partition coefficient (Wildman–Crippen LogP) is 3.51. The maximum atomic E-state index is 12.0. The monoisotopic (exact) mass is 369 g/mol. The van der Waals surface area contributed by atoms with Gasteiger partial charge < -0.3 is 11.1 Å². The minimum Gasteiger partial charge on any atom is -0.354 e. The molecule has 0 spiro atoms. The van der Waals surface area contributed by atoms with Crippen LogP contribution in [-0.2, 0) is 11.2 Å². The Balaban J connectivity index is 1.59. The highest BCUT2D eigenvalue weighted by Crippen LogP contribution is 2.32. The molecule has 122 valence electrons. The molecular weight excluding hydrogens is 353 g/mol. The van der Waals surface area contributed by atoms with Gasteiger partial charge in [0.1, 0.15) is 5.01 Å². The number of halogens is 2. The predicted molar refractivity (Wildman–Crippen MR) is 95.0 cm³/mol. The quantitative estimate of drug-likeness (QED) is 0.818. The number of hydrogen-bond donors (Lipinski definition) is 2. The third-order valence-corrected chi connectivity index (χ3v) is 5.29. The molecule has 1 aromatic heterocycles. The average molecular weight is 370 g/mol. The van der Waals surface area contributed by atoms with Crippen LogP contribution in [0.5, 0.6) is 0 Å². The number of aromatic nitrogens is 1. The van der Waals surface area contributed by atoms with Crippen molar-refractivity contribution in [3.8, 4) is 10.6 Å². The molecule has 7 heteroatoms. The minimum absolute atomic E-state index is 0.0554. The van der Waals surface area contributed by atoms with Crippen LogP contribution < -0.4 is 11.1 Å².